The molecule has 3 aliphatic rings. The van der Waals surface area contributed by atoms with Crippen LogP contribution in [0.5, 0.6) is 0 Å². The molecule has 136 valence electrons. The fourth-order valence-electron chi connectivity index (χ4n) is 3.92. The van der Waals surface area contributed by atoms with Gasteiger partial charge in [-0.15, -0.1) is 0 Å². The van der Waals surface area contributed by atoms with Crippen molar-refractivity contribution < 1.29 is 14.3 Å². The third-order valence-electron chi connectivity index (χ3n) is 5.76. The van der Waals surface area contributed by atoms with E-state index in [-0.39, 0.29) is 17.7 Å². The van der Waals surface area contributed by atoms with Gasteiger partial charge in [0.2, 0.25) is 5.91 Å². The molecule has 0 bridgehead atoms. The highest BCUT2D eigenvalue weighted by Crippen LogP contribution is 2.26. The Balaban J connectivity index is 1.38. The molecule has 1 saturated carbocycles. The molecule has 7 heteroatoms. The number of fused-ring (bicyclic) bond motifs is 1. The first-order valence-corrected chi connectivity index (χ1v) is 9.41. The third kappa shape index (κ3) is 3.42. The van der Waals surface area contributed by atoms with Crippen LogP contribution in [-0.4, -0.2) is 59.1 Å². The number of hydrogen-bond donors (Lipinski definition) is 1. The van der Waals surface area contributed by atoms with E-state index in [0.29, 0.717) is 44.5 Å². The first-order chi connectivity index (χ1) is 12.2. The van der Waals surface area contributed by atoms with Gasteiger partial charge in [-0.3, -0.25) is 9.59 Å². The molecule has 2 amide bonds. The average Bonchev–Trinajstić information content (AvgIpc) is 3.03. The zero-order chi connectivity index (χ0) is 17.2. The minimum Gasteiger partial charge on any atom is -0.378 e. The zero-order valence-electron chi connectivity index (χ0n) is 14.6. The molecule has 4 rings (SSSR count). The maximum atomic E-state index is 12.7. The molecule has 2 fully saturated rings. The van der Waals surface area contributed by atoms with E-state index in [1.807, 2.05) is 9.47 Å². The summed E-state index contributed by atoms with van der Waals surface area (Å²) in [6.45, 7) is 3.99. The summed E-state index contributed by atoms with van der Waals surface area (Å²) in [6, 6.07) is 0. The van der Waals surface area contributed by atoms with Crippen LogP contribution in [0.1, 0.15) is 41.9 Å². The molecule has 3 heterocycles. The van der Waals surface area contributed by atoms with Crippen molar-refractivity contribution in [3.8, 4) is 0 Å². The molecular weight excluding hydrogens is 320 g/mol. The first-order valence-electron chi connectivity index (χ1n) is 9.41. The summed E-state index contributed by atoms with van der Waals surface area (Å²) in [6.07, 6.45) is 6.93. The molecule has 2 aliphatic heterocycles. The van der Waals surface area contributed by atoms with E-state index in [1.165, 1.54) is 19.3 Å². The summed E-state index contributed by atoms with van der Waals surface area (Å²) in [7, 11) is 0. The Morgan fingerprint density at radius 1 is 1.24 bits per heavy atom. The predicted molar refractivity (Wildman–Crippen MR) is 91.1 cm³/mol. The molecule has 0 aromatic carbocycles. The van der Waals surface area contributed by atoms with Crippen LogP contribution in [0.2, 0.25) is 0 Å². The summed E-state index contributed by atoms with van der Waals surface area (Å²) in [4.78, 5) is 31.3. The molecule has 1 aromatic heterocycles. The predicted octanol–water partition coefficient (Wildman–Crippen LogP) is 0.834. The van der Waals surface area contributed by atoms with Crippen molar-refractivity contribution in [2.45, 2.75) is 38.6 Å². The van der Waals surface area contributed by atoms with Crippen molar-refractivity contribution in [2.24, 2.45) is 11.8 Å². The van der Waals surface area contributed by atoms with Crippen LogP contribution in [0, 0.1) is 11.8 Å². The van der Waals surface area contributed by atoms with E-state index in [2.05, 4.69) is 10.3 Å². The topological polar surface area (TPSA) is 76.5 Å². The van der Waals surface area contributed by atoms with Gasteiger partial charge in [0, 0.05) is 26.2 Å². The number of ether oxygens (including phenoxy) is 1. The fraction of sp³-hybridized carbons (Fsp3) is 0.722. The number of carbonyl (C=O) groups is 2. The Hall–Kier alpha value is -1.89. The smallest absolute Gasteiger partial charge is 0.271 e. The molecule has 25 heavy (non-hydrogen) atoms. The van der Waals surface area contributed by atoms with Gasteiger partial charge in [-0.1, -0.05) is 6.42 Å². The Morgan fingerprint density at radius 3 is 2.76 bits per heavy atom. The Bertz CT molecular complexity index is 647. The van der Waals surface area contributed by atoms with Crippen LogP contribution >= 0.6 is 0 Å². The largest absolute Gasteiger partial charge is 0.378 e. The van der Waals surface area contributed by atoms with Gasteiger partial charge in [-0.2, -0.15) is 0 Å². The quantitative estimate of drug-likeness (QED) is 0.876. The van der Waals surface area contributed by atoms with Gasteiger partial charge in [0.15, 0.2) is 0 Å². The van der Waals surface area contributed by atoms with E-state index in [4.69, 9.17) is 4.74 Å². The molecule has 1 aliphatic carbocycles. The number of morpholine rings is 1. The highest BCUT2D eigenvalue weighted by Gasteiger charge is 2.31. The van der Waals surface area contributed by atoms with Gasteiger partial charge in [-0.05, 0) is 31.6 Å². The van der Waals surface area contributed by atoms with Gasteiger partial charge >= 0.3 is 0 Å². The second kappa shape index (κ2) is 7.15. The highest BCUT2D eigenvalue weighted by molar-refractivity contribution is 5.93. The summed E-state index contributed by atoms with van der Waals surface area (Å²) in [5.41, 5.74) is 1.51. The van der Waals surface area contributed by atoms with Crippen LogP contribution in [0.25, 0.3) is 0 Å². The second-order valence-corrected chi connectivity index (χ2v) is 7.37. The fourth-order valence-corrected chi connectivity index (χ4v) is 3.92. The van der Waals surface area contributed by atoms with Gasteiger partial charge < -0.3 is 19.5 Å². The van der Waals surface area contributed by atoms with Crippen molar-refractivity contribution in [1.29, 1.82) is 0 Å². The third-order valence-corrected chi connectivity index (χ3v) is 5.76. The first kappa shape index (κ1) is 16.6. The van der Waals surface area contributed by atoms with Crippen molar-refractivity contribution >= 4 is 11.8 Å². The minimum atomic E-state index is -0.0707. The average molecular weight is 346 g/mol. The maximum Gasteiger partial charge on any atom is 0.271 e. The van der Waals surface area contributed by atoms with E-state index in [9.17, 15) is 9.59 Å². The highest BCUT2D eigenvalue weighted by atomic mass is 16.5. The van der Waals surface area contributed by atoms with Crippen molar-refractivity contribution in [1.82, 2.24) is 19.8 Å². The Kier molecular flexibility index (Phi) is 4.74. The van der Waals surface area contributed by atoms with E-state index in [0.717, 1.165) is 25.1 Å². The normalized spacial score (nSPS) is 23.7. The molecule has 1 saturated heterocycles. The SMILES string of the molecule is O=C(NCC1CCC1)c1ncn2c1CCC(C(=O)N1CCOCC1)C2. The van der Waals surface area contributed by atoms with Gasteiger partial charge in [0.25, 0.3) is 5.91 Å². The number of aromatic nitrogens is 2. The molecule has 1 N–H and O–H groups in total. The van der Waals surface area contributed by atoms with Gasteiger partial charge in [0.05, 0.1) is 31.2 Å². The molecule has 7 nitrogen and oxygen atoms in total. The molecular formula is C18H26N4O3. The van der Waals surface area contributed by atoms with Crippen molar-refractivity contribution in [3.05, 3.63) is 17.7 Å². The lowest BCUT2D eigenvalue weighted by molar-refractivity contribution is -0.140. The lowest BCUT2D eigenvalue weighted by Crippen LogP contribution is -2.45. The molecule has 1 unspecified atom stereocenters. The Morgan fingerprint density at radius 2 is 2.04 bits per heavy atom. The lowest BCUT2D eigenvalue weighted by atomic mass is 9.85. The van der Waals surface area contributed by atoms with Gasteiger partial charge in [0.1, 0.15) is 5.69 Å². The summed E-state index contributed by atoms with van der Waals surface area (Å²) >= 11 is 0. The van der Waals surface area contributed by atoms with Crippen LogP contribution in [-0.2, 0) is 22.5 Å². The van der Waals surface area contributed by atoms with Crippen LogP contribution in [0.4, 0.5) is 0 Å². The summed E-state index contributed by atoms with van der Waals surface area (Å²) in [5, 5.41) is 3.02. The second-order valence-electron chi connectivity index (χ2n) is 7.37. The lowest BCUT2D eigenvalue weighted by Gasteiger charge is -2.32. The number of amides is 2. The standard InChI is InChI=1S/C18H26N4O3/c23-17(19-10-13-2-1-3-13)16-15-5-4-14(11-22(15)12-20-16)18(24)21-6-8-25-9-7-21/h12-14H,1-11H2,(H,19,23). The van der Waals surface area contributed by atoms with E-state index >= 15 is 0 Å². The minimum absolute atomic E-state index is 0.0225. The molecule has 0 radical (unpaired) electrons. The van der Waals surface area contributed by atoms with Crippen molar-refractivity contribution in [2.75, 3.05) is 32.8 Å². The molecule has 1 aromatic rings. The maximum absolute atomic E-state index is 12.7. The number of imidazole rings is 1. The molecule has 1 atom stereocenters. The number of nitrogens with one attached hydrogen (secondary N) is 1. The monoisotopic (exact) mass is 346 g/mol. The van der Waals surface area contributed by atoms with Crippen LogP contribution < -0.4 is 5.32 Å². The summed E-state index contributed by atoms with van der Waals surface area (Å²) < 4.78 is 7.31. The summed E-state index contributed by atoms with van der Waals surface area (Å²) in [5.74, 6) is 0.751. The van der Waals surface area contributed by atoms with Crippen LogP contribution in [0.3, 0.4) is 0 Å². The van der Waals surface area contributed by atoms with E-state index in [1.54, 1.807) is 6.33 Å². The zero-order valence-corrected chi connectivity index (χ0v) is 14.6. The number of carbonyl (C=O) groups excluding carboxylic acids is 2. The van der Waals surface area contributed by atoms with E-state index < -0.39 is 0 Å². The molecule has 0 spiro atoms. The van der Waals surface area contributed by atoms with Crippen LogP contribution in [0.15, 0.2) is 6.33 Å². The number of hydrogen-bond acceptors (Lipinski definition) is 4. The Labute approximate surface area is 147 Å². The van der Waals surface area contributed by atoms with Crippen molar-refractivity contribution in [3.63, 3.8) is 0 Å². The number of rotatable bonds is 4. The van der Waals surface area contributed by atoms with Gasteiger partial charge in [-0.25, -0.2) is 4.98 Å². The number of nitrogens with zero attached hydrogens (tertiary/aromatic N) is 3.